The molecule has 100 valence electrons. The van der Waals surface area contributed by atoms with Gasteiger partial charge in [-0.3, -0.25) is 0 Å². The first kappa shape index (κ1) is 13.2. The van der Waals surface area contributed by atoms with E-state index in [9.17, 15) is 0 Å². The van der Waals surface area contributed by atoms with Gasteiger partial charge in [0, 0.05) is 18.1 Å². The lowest BCUT2D eigenvalue weighted by Gasteiger charge is -2.39. The van der Waals surface area contributed by atoms with Crippen LogP contribution in [0, 0.1) is 0 Å². The Bertz CT molecular complexity index is 444. The van der Waals surface area contributed by atoms with Crippen LogP contribution < -0.4 is 20.5 Å². The maximum atomic E-state index is 5.79. The Morgan fingerprint density at radius 1 is 1.28 bits per heavy atom. The zero-order valence-electron chi connectivity index (χ0n) is 11.5. The summed E-state index contributed by atoms with van der Waals surface area (Å²) in [5.41, 5.74) is 8.23. The largest absolute Gasteiger partial charge is 0.493 e. The molecule has 0 radical (unpaired) electrons. The van der Waals surface area contributed by atoms with Crippen molar-refractivity contribution in [1.29, 1.82) is 0 Å². The number of benzene rings is 1. The summed E-state index contributed by atoms with van der Waals surface area (Å²) in [6, 6.07) is 4.44. The Morgan fingerprint density at radius 3 is 2.44 bits per heavy atom. The molecular formula is C14H22N2O2. The third-order valence-corrected chi connectivity index (χ3v) is 3.60. The number of ether oxygens (including phenoxy) is 2. The fourth-order valence-electron chi connectivity index (χ4n) is 2.72. The molecule has 0 bridgehead atoms. The molecule has 4 nitrogen and oxygen atoms in total. The minimum Gasteiger partial charge on any atom is -0.493 e. The monoisotopic (exact) mass is 250 g/mol. The number of hydrogen-bond acceptors (Lipinski definition) is 4. The molecule has 1 heterocycles. The van der Waals surface area contributed by atoms with Gasteiger partial charge in [0.1, 0.15) is 0 Å². The van der Waals surface area contributed by atoms with Gasteiger partial charge in [0.05, 0.1) is 14.2 Å². The predicted molar refractivity (Wildman–Crippen MR) is 72.3 cm³/mol. The molecule has 1 atom stereocenters. The summed E-state index contributed by atoms with van der Waals surface area (Å²) in [5.74, 6) is 1.56. The third kappa shape index (κ3) is 2.18. The molecule has 1 aliphatic rings. The van der Waals surface area contributed by atoms with Crippen molar-refractivity contribution < 1.29 is 9.47 Å². The number of rotatable bonds is 3. The lowest BCUT2D eigenvalue weighted by Crippen LogP contribution is -2.52. The smallest absolute Gasteiger partial charge is 0.161 e. The Labute approximate surface area is 108 Å². The molecule has 0 fully saturated rings. The molecule has 1 aliphatic heterocycles. The topological polar surface area (TPSA) is 56.5 Å². The highest BCUT2D eigenvalue weighted by molar-refractivity contribution is 5.50. The number of methoxy groups -OCH3 is 2. The van der Waals surface area contributed by atoms with E-state index in [2.05, 4.69) is 31.3 Å². The van der Waals surface area contributed by atoms with Gasteiger partial charge in [-0.25, -0.2) is 0 Å². The minimum absolute atomic E-state index is 0.100. The SMILES string of the molecule is COc1cc2c(cc1OC)C(C)(C)NC(CN)C2. The molecule has 18 heavy (non-hydrogen) atoms. The molecule has 3 N–H and O–H groups in total. The summed E-state index contributed by atoms with van der Waals surface area (Å²) in [5, 5.41) is 3.57. The highest BCUT2D eigenvalue weighted by atomic mass is 16.5. The lowest BCUT2D eigenvalue weighted by molar-refractivity contribution is 0.308. The van der Waals surface area contributed by atoms with E-state index < -0.39 is 0 Å². The van der Waals surface area contributed by atoms with Crippen LogP contribution in [0.15, 0.2) is 12.1 Å². The van der Waals surface area contributed by atoms with E-state index >= 15 is 0 Å². The zero-order chi connectivity index (χ0) is 13.3. The van der Waals surface area contributed by atoms with Crippen molar-refractivity contribution in [2.24, 2.45) is 5.73 Å². The van der Waals surface area contributed by atoms with E-state index in [4.69, 9.17) is 15.2 Å². The van der Waals surface area contributed by atoms with Crippen LogP contribution in [0.5, 0.6) is 11.5 Å². The van der Waals surface area contributed by atoms with Gasteiger partial charge in [0.2, 0.25) is 0 Å². The van der Waals surface area contributed by atoms with Gasteiger partial charge in [-0.1, -0.05) is 0 Å². The normalized spacial score (nSPS) is 21.3. The van der Waals surface area contributed by atoms with Gasteiger partial charge in [0.15, 0.2) is 11.5 Å². The molecule has 0 saturated carbocycles. The van der Waals surface area contributed by atoms with E-state index in [1.54, 1.807) is 14.2 Å². The van der Waals surface area contributed by atoms with Gasteiger partial charge in [0.25, 0.3) is 0 Å². The fraction of sp³-hybridized carbons (Fsp3) is 0.571. The van der Waals surface area contributed by atoms with Gasteiger partial charge >= 0.3 is 0 Å². The maximum absolute atomic E-state index is 5.79. The molecule has 2 rings (SSSR count). The molecule has 0 aromatic heterocycles. The first-order chi connectivity index (χ1) is 8.51. The number of nitrogens with one attached hydrogen (secondary N) is 1. The summed E-state index contributed by atoms with van der Waals surface area (Å²) in [7, 11) is 3.33. The summed E-state index contributed by atoms with van der Waals surface area (Å²) in [6.45, 7) is 4.97. The highest BCUT2D eigenvalue weighted by Crippen LogP contribution is 2.38. The number of nitrogens with two attached hydrogens (primary N) is 1. The number of hydrogen-bond donors (Lipinski definition) is 2. The highest BCUT2D eigenvalue weighted by Gasteiger charge is 2.32. The Kier molecular flexibility index (Phi) is 3.50. The lowest BCUT2D eigenvalue weighted by atomic mass is 9.82. The van der Waals surface area contributed by atoms with E-state index in [1.807, 2.05) is 0 Å². The molecule has 0 amide bonds. The van der Waals surface area contributed by atoms with Crippen LogP contribution in [-0.2, 0) is 12.0 Å². The van der Waals surface area contributed by atoms with Crippen molar-refractivity contribution in [2.75, 3.05) is 20.8 Å². The van der Waals surface area contributed by atoms with Crippen LogP contribution in [-0.4, -0.2) is 26.8 Å². The molecule has 0 spiro atoms. The van der Waals surface area contributed by atoms with Crippen LogP contribution in [0.1, 0.15) is 25.0 Å². The molecular weight excluding hydrogens is 228 g/mol. The second-order valence-corrected chi connectivity index (χ2v) is 5.27. The van der Waals surface area contributed by atoms with Crippen molar-refractivity contribution in [3.8, 4) is 11.5 Å². The zero-order valence-corrected chi connectivity index (χ0v) is 11.5. The average Bonchev–Trinajstić information content (AvgIpc) is 2.36. The average molecular weight is 250 g/mol. The second-order valence-electron chi connectivity index (χ2n) is 5.27. The maximum Gasteiger partial charge on any atom is 0.161 e. The third-order valence-electron chi connectivity index (χ3n) is 3.60. The first-order valence-electron chi connectivity index (χ1n) is 6.25. The van der Waals surface area contributed by atoms with Gasteiger partial charge < -0.3 is 20.5 Å². The number of fused-ring (bicyclic) bond motifs is 1. The molecule has 1 unspecified atom stereocenters. The van der Waals surface area contributed by atoms with Crippen molar-refractivity contribution in [3.05, 3.63) is 23.3 Å². The van der Waals surface area contributed by atoms with Crippen molar-refractivity contribution in [3.63, 3.8) is 0 Å². The van der Waals surface area contributed by atoms with Gasteiger partial charge in [-0.2, -0.15) is 0 Å². The summed E-state index contributed by atoms with van der Waals surface area (Å²) >= 11 is 0. The minimum atomic E-state index is -0.100. The quantitative estimate of drug-likeness (QED) is 0.851. The Hall–Kier alpha value is -1.26. The van der Waals surface area contributed by atoms with Crippen molar-refractivity contribution in [2.45, 2.75) is 31.8 Å². The van der Waals surface area contributed by atoms with E-state index in [0.717, 1.165) is 17.9 Å². The molecule has 1 aromatic carbocycles. The van der Waals surface area contributed by atoms with Crippen LogP contribution in [0.25, 0.3) is 0 Å². The van der Waals surface area contributed by atoms with Crippen molar-refractivity contribution >= 4 is 0 Å². The van der Waals surface area contributed by atoms with Crippen molar-refractivity contribution in [1.82, 2.24) is 5.32 Å². The standard InChI is InChI=1S/C14H22N2O2/c1-14(2)11-7-13(18-4)12(17-3)6-9(11)5-10(8-15)16-14/h6-7,10,16H,5,8,15H2,1-4H3. The predicted octanol–water partition coefficient (Wildman–Crippen LogP) is 1.41. The van der Waals surface area contributed by atoms with Crippen LogP contribution in [0.3, 0.4) is 0 Å². The summed E-state index contributed by atoms with van der Waals surface area (Å²) < 4.78 is 10.7. The molecule has 1 aromatic rings. The summed E-state index contributed by atoms with van der Waals surface area (Å²) in [4.78, 5) is 0. The van der Waals surface area contributed by atoms with Crippen LogP contribution >= 0.6 is 0 Å². The first-order valence-corrected chi connectivity index (χ1v) is 6.25. The Morgan fingerprint density at radius 2 is 1.89 bits per heavy atom. The fourth-order valence-corrected chi connectivity index (χ4v) is 2.72. The van der Waals surface area contributed by atoms with E-state index in [0.29, 0.717) is 12.6 Å². The van der Waals surface area contributed by atoms with E-state index in [1.165, 1.54) is 11.1 Å². The van der Waals surface area contributed by atoms with Crippen LogP contribution in [0.2, 0.25) is 0 Å². The molecule has 4 heteroatoms. The van der Waals surface area contributed by atoms with E-state index in [-0.39, 0.29) is 5.54 Å². The van der Waals surface area contributed by atoms with Gasteiger partial charge in [-0.05, 0) is 43.5 Å². The molecule has 0 aliphatic carbocycles. The second kappa shape index (κ2) is 4.78. The Balaban J connectivity index is 2.51. The molecule has 0 saturated heterocycles. The van der Waals surface area contributed by atoms with Gasteiger partial charge in [-0.15, -0.1) is 0 Å². The van der Waals surface area contributed by atoms with Crippen LogP contribution in [0.4, 0.5) is 0 Å². The summed E-state index contributed by atoms with van der Waals surface area (Å²) in [6.07, 6.45) is 0.926.